The average Bonchev–Trinajstić information content (AvgIpc) is 3.40. The molecular weight excluding hydrogens is 1020 g/mol. The Labute approximate surface area is 464 Å². The number of nitrogens with zero attached hydrogens (tertiary/aromatic N) is 4. The highest BCUT2D eigenvalue weighted by Gasteiger charge is 2.43. The zero-order valence-corrected chi connectivity index (χ0v) is 48.5. The van der Waals surface area contributed by atoms with Crippen LogP contribution < -0.4 is 0 Å². The first-order valence-electron chi connectivity index (χ1n) is 27.1. The average molecular weight is 1110 g/mol. The largest absolute Gasteiger partial charge is 0.451 e. The summed E-state index contributed by atoms with van der Waals surface area (Å²) in [5, 5.41) is 0. The third-order valence-corrected chi connectivity index (χ3v) is 13.9. The van der Waals surface area contributed by atoms with E-state index in [4.69, 9.17) is 23.7 Å². The van der Waals surface area contributed by atoms with E-state index < -0.39 is 114 Å². The number of carbonyl (C=O) groups is 8. The van der Waals surface area contributed by atoms with Gasteiger partial charge in [-0.15, -0.1) is 0 Å². The quantitative estimate of drug-likeness (QED) is 0.106. The predicted octanol–water partition coefficient (Wildman–Crippen LogP) is 7.68. The summed E-state index contributed by atoms with van der Waals surface area (Å²) in [5.74, 6) is -9.92. The molecular formula is C60H82F2N4O13. The predicted molar refractivity (Wildman–Crippen MR) is 290 cm³/mol. The second-order valence-corrected chi connectivity index (χ2v) is 22.3. The van der Waals surface area contributed by atoms with E-state index in [1.807, 2.05) is 55.4 Å². The van der Waals surface area contributed by atoms with Crippen LogP contribution in [0.15, 0.2) is 72.8 Å². The van der Waals surface area contributed by atoms with Crippen LogP contribution in [-0.4, -0.2) is 151 Å². The summed E-state index contributed by atoms with van der Waals surface area (Å²) < 4.78 is 57.8. The number of rotatable bonds is 15. The molecule has 1 saturated heterocycles. The first kappa shape index (κ1) is 64.8. The lowest BCUT2D eigenvalue weighted by atomic mass is 9.97. The maximum absolute atomic E-state index is 15.0. The molecule has 9 atom stereocenters. The molecule has 0 N–H and O–H groups in total. The molecule has 79 heavy (non-hydrogen) atoms. The first-order valence-corrected chi connectivity index (χ1v) is 27.1. The minimum Gasteiger partial charge on any atom is -0.451 e. The molecule has 0 aromatic heterocycles. The number of likely N-dealkylation sites (N-methyl/N-ethyl adjacent to an activating group) is 4. The number of hydrogen-bond donors (Lipinski definition) is 0. The van der Waals surface area contributed by atoms with E-state index in [9.17, 15) is 42.3 Å². The van der Waals surface area contributed by atoms with Crippen LogP contribution in [0, 0.1) is 35.3 Å². The number of halogens is 2. The van der Waals surface area contributed by atoms with Crippen molar-refractivity contribution in [3.8, 4) is 0 Å². The van der Waals surface area contributed by atoms with Crippen molar-refractivity contribution in [2.24, 2.45) is 23.7 Å². The lowest BCUT2D eigenvalue weighted by Crippen LogP contribution is -2.55. The summed E-state index contributed by atoms with van der Waals surface area (Å²) in [6, 6.07) is 13.5. The van der Waals surface area contributed by atoms with E-state index in [-0.39, 0.29) is 62.2 Å². The standard InChI is InChI=1S/C60H82F2N4O13/c1-34(2)27-46-57(71)76-39(10)54(68)64(12)49(30-37(7)8)60(74)79-51(32-41-21-23-42(24-22-41)52(75-15)43-25-26-44(61)45(62)33-43)56(70)66(14)47(28-35(3)4)58(72)77-38(9)53(67)63(11)48(29-36(5)6)59(73)78-50(55(69)65(46)13)31-40-19-17-16-18-20-40/h16-26,33-39,46-52H,27-32H2,1-15H3/t38-,39-,46+,47+,48+,49+,50-,51-,52?/m1/s1. The Kier molecular flexibility index (Phi) is 24.1. The monoisotopic (exact) mass is 1100 g/mol. The molecule has 1 aliphatic heterocycles. The van der Waals surface area contributed by atoms with E-state index in [0.29, 0.717) is 22.3 Å². The summed E-state index contributed by atoms with van der Waals surface area (Å²) in [5.41, 5.74) is 1.97. The van der Waals surface area contributed by atoms with Gasteiger partial charge in [0.2, 0.25) is 0 Å². The fraction of sp³-hybridized carbons (Fsp3) is 0.567. The topological polar surface area (TPSA) is 196 Å². The van der Waals surface area contributed by atoms with Gasteiger partial charge in [0, 0.05) is 48.1 Å². The lowest BCUT2D eigenvalue weighted by molar-refractivity contribution is -0.176. The number of methoxy groups -OCH3 is 1. The zero-order chi connectivity index (χ0) is 59.2. The Morgan fingerprint density at radius 1 is 0.443 bits per heavy atom. The molecule has 1 heterocycles. The van der Waals surface area contributed by atoms with Gasteiger partial charge >= 0.3 is 23.9 Å². The van der Waals surface area contributed by atoms with Gasteiger partial charge in [0.25, 0.3) is 23.6 Å². The number of esters is 4. The molecule has 17 nitrogen and oxygen atoms in total. The van der Waals surface area contributed by atoms with Crippen LogP contribution >= 0.6 is 0 Å². The third-order valence-electron chi connectivity index (χ3n) is 13.9. The van der Waals surface area contributed by atoms with Crippen LogP contribution in [0.2, 0.25) is 0 Å². The normalized spacial score (nSPS) is 23.8. The molecule has 4 amide bonds. The van der Waals surface area contributed by atoms with E-state index in [0.717, 1.165) is 31.7 Å². The molecule has 1 unspecified atom stereocenters. The molecule has 1 aliphatic rings. The molecule has 19 heteroatoms. The van der Waals surface area contributed by atoms with Gasteiger partial charge in [-0.1, -0.05) is 116 Å². The molecule has 1 fully saturated rings. The molecule has 4 rings (SSSR count). The van der Waals surface area contributed by atoms with Crippen molar-refractivity contribution in [1.29, 1.82) is 0 Å². The highest BCUT2D eigenvalue weighted by Crippen LogP contribution is 2.29. The molecule has 0 radical (unpaired) electrons. The maximum Gasteiger partial charge on any atom is 0.329 e. The SMILES string of the molecule is COC(c1ccc(C[C@H]2OC(=O)[C@H](CC(C)C)N(C)C(=O)[C@@H](C)OC(=O)[C@H](CC(C)C)N(C)C(=O)[C@@H](Cc3ccccc3)OC(=O)[C@H](CC(C)C)N(C)C(=O)[C@@H](C)OC(=O)[C@H](CC(C)C)N(C)C2=O)cc1)c1ccc(F)c(F)c1. The third kappa shape index (κ3) is 17.9. The number of carbonyl (C=O) groups excluding carboxylic acids is 8. The number of cyclic esters (lactones) is 4. The number of ether oxygens (including phenoxy) is 5. The van der Waals surface area contributed by atoms with Crippen molar-refractivity contribution >= 4 is 47.5 Å². The molecule has 3 aromatic rings. The van der Waals surface area contributed by atoms with Gasteiger partial charge in [-0.05, 0) is 97.6 Å². The van der Waals surface area contributed by atoms with Crippen LogP contribution in [0.3, 0.4) is 0 Å². The fourth-order valence-electron chi connectivity index (χ4n) is 9.49. The van der Waals surface area contributed by atoms with Crippen molar-refractivity contribution in [1.82, 2.24) is 19.6 Å². The van der Waals surface area contributed by atoms with Gasteiger partial charge in [0.15, 0.2) is 36.1 Å². The molecule has 0 spiro atoms. The molecule has 0 bridgehead atoms. The van der Waals surface area contributed by atoms with E-state index in [1.165, 1.54) is 55.2 Å². The lowest BCUT2D eigenvalue weighted by Gasteiger charge is -2.35. The first-order chi connectivity index (χ1) is 37.1. The van der Waals surface area contributed by atoms with Crippen LogP contribution in [0.4, 0.5) is 8.78 Å². The van der Waals surface area contributed by atoms with Crippen molar-refractivity contribution < 1.29 is 70.8 Å². The summed E-state index contributed by atoms with van der Waals surface area (Å²) in [7, 11) is 6.83. The minimum atomic E-state index is -1.64. The van der Waals surface area contributed by atoms with Crippen molar-refractivity contribution in [3.63, 3.8) is 0 Å². The smallest absolute Gasteiger partial charge is 0.329 e. The Hall–Kier alpha value is -6.76. The second kappa shape index (κ2) is 29.5. The summed E-state index contributed by atoms with van der Waals surface area (Å²) in [6.07, 6.45) is -7.16. The molecule has 0 saturated carbocycles. The summed E-state index contributed by atoms with van der Waals surface area (Å²) >= 11 is 0. The van der Waals surface area contributed by atoms with Gasteiger partial charge in [0.1, 0.15) is 30.3 Å². The van der Waals surface area contributed by atoms with Crippen LogP contribution in [0.25, 0.3) is 0 Å². The van der Waals surface area contributed by atoms with Crippen LogP contribution in [-0.2, 0) is 74.9 Å². The molecule has 434 valence electrons. The van der Waals surface area contributed by atoms with Crippen molar-refractivity contribution in [3.05, 3.63) is 107 Å². The van der Waals surface area contributed by atoms with Crippen molar-refractivity contribution in [2.45, 2.75) is 162 Å². The van der Waals surface area contributed by atoms with Gasteiger partial charge in [0.05, 0.1) is 0 Å². The Bertz CT molecular complexity index is 2560. The Morgan fingerprint density at radius 3 is 1.11 bits per heavy atom. The zero-order valence-electron chi connectivity index (χ0n) is 48.5. The molecule has 0 aliphatic carbocycles. The summed E-state index contributed by atoms with van der Waals surface area (Å²) in [6.45, 7) is 17.2. The van der Waals surface area contributed by atoms with Gasteiger partial charge in [-0.25, -0.2) is 28.0 Å². The fourth-order valence-corrected chi connectivity index (χ4v) is 9.49. The van der Waals surface area contributed by atoms with E-state index in [2.05, 4.69) is 0 Å². The molecule has 3 aromatic carbocycles. The number of amides is 4. The Balaban J connectivity index is 1.87. The Morgan fingerprint density at radius 2 is 0.772 bits per heavy atom. The van der Waals surface area contributed by atoms with Crippen LogP contribution in [0.5, 0.6) is 0 Å². The minimum absolute atomic E-state index is 0.0327. The highest BCUT2D eigenvalue weighted by atomic mass is 19.2. The highest BCUT2D eigenvalue weighted by molar-refractivity contribution is 5.94. The van der Waals surface area contributed by atoms with E-state index >= 15 is 4.79 Å². The van der Waals surface area contributed by atoms with Gasteiger partial charge in [-0.3, -0.25) is 19.2 Å². The summed E-state index contributed by atoms with van der Waals surface area (Å²) in [4.78, 5) is 121. The van der Waals surface area contributed by atoms with Gasteiger partial charge in [-0.2, -0.15) is 0 Å². The maximum atomic E-state index is 15.0. The van der Waals surface area contributed by atoms with Gasteiger partial charge < -0.3 is 43.3 Å². The van der Waals surface area contributed by atoms with E-state index in [1.54, 1.807) is 54.6 Å². The number of hydrogen-bond acceptors (Lipinski definition) is 13. The number of benzene rings is 3. The second-order valence-electron chi connectivity index (χ2n) is 22.3. The van der Waals surface area contributed by atoms with Crippen molar-refractivity contribution in [2.75, 3.05) is 35.3 Å². The van der Waals surface area contributed by atoms with Crippen LogP contribution in [0.1, 0.15) is 123 Å².